The van der Waals surface area contributed by atoms with E-state index in [4.69, 9.17) is 0 Å². The second kappa shape index (κ2) is 8.58. The van der Waals surface area contributed by atoms with Gasteiger partial charge in [0.1, 0.15) is 0 Å². The number of rotatable bonds is 5. The lowest BCUT2D eigenvalue weighted by Gasteiger charge is -2.32. The average molecular weight is 423 g/mol. The van der Waals surface area contributed by atoms with Gasteiger partial charge in [-0.2, -0.15) is 4.31 Å². The van der Waals surface area contributed by atoms with E-state index in [1.807, 2.05) is 49.4 Å². The molecular weight excluding hydrogens is 396 g/mol. The van der Waals surface area contributed by atoms with E-state index in [0.717, 1.165) is 35.6 Å². The van der Waals surface area contributed by atoms with Crippen LogP contribution in [0.5, 0.6) is 0 Å². The quantitative estimate of drug-likeness (QED) is 0.665. The summed E-state index contributed by atoms with van der Waals surface area (Å²) in [6.07, 6.45) is 2.83. The fourth-order valence-corrected chi connectivity index (χ4v) is 5.77. The van der Waals surface area contributed by atoms with Gasteiger partial charge < -0.3 is 5.32 Å². The molecule has 1 N–H and O–H groups in total. The fourth-order valence-electron chi connectivity index (χ4n) is 4.07. The van der Waals surface area contributed by atoms with Crippen molar-refractivity contribution >= 4 is 26.7 Å². The smallest absolute Gasteiger partial charge is 0.251 e. The van der Waals surface area contributed by atoms with Crippen molar-refractivity contribution in [1.82, 2.24) is 9.62 Å². The number of hydrogen-bond acceptors (Lipinski definition) is 3. The summed E-state index contributed by atoms with van der Waals surface area (Å²) in [5, 5.41) is 5.18. The highest BCUT2D eigenvalue weighted by molar-refractivity contribution is 7.89. The van der Waals surface area contributed by atoms with Gasteiger partial charge in [0, 0.05) is 24.7 Å². The van der Waals surface area contributed by atoms with Crippen LogP contribution in [0.2, 0.25) is 0 Å². The SMILES string of the molecule is C[C@H]1CCCCN1S(=O)(=O)c1ccc(C(=O)NCc2cccc3ccccc23)cc1. The highest BCUT2D eigenvalue weighted by atomic mass is 32.2. The van der Waals surface area contributed by atoms with Gasteiger partial charge in [0.05, 0.1) is 4.90 Å². The molecule has 4 rings (SSSR count). The van der Waals surface area contributed by atoms with Crippen molar-refractivity contribution in [1.29, 1.82) is 0 Å². The summed E-state index contributed by atoms with van der Waals surface area (Å²) in [6.45, 7) is 2.91. The lowest BCUT2D eigenvalue weighted by molar-refractivity contribution is 0.0951. The molecule has 1 fully saturated rings. The van der Waals surface area contributed by atoms with Crippen molar-refractivity contribution in [3.05, 3.63) is 77.9 Å². The summed E-state index contributed by atoms with van der Waals surface area (Å²) in [7, 11) is -3.53. The van der Waals surface area contributed by atoms with E-state index >= 15 is 0 Å². The van der Waals surface area contributed by atoms with Crippen molar-refractivity contribution in [2.75, 3.05) is 6.54 Å². The molecule has 0 saturated carbocycles. The Hall–Kier alpha value is -2.70. The standard InChI is InChI=1S/C24H26N2O3S/c1-18-7-4-5-16-26(18)30(28,29)22-14-12-20(13-15-22)24(27)25-17-21-10-6-9-19-8-2-3-11-23(19)21/h2-3,6,8-15,18H,4-5,7,16-17H2,1H3,(H,25,27)/t18-/m0/s1. The molecule has 0 spiro atoms. The Balaban J connectivity index is 1.46. The zero-order valence-electron chi connectivity index (χ0n) is 17.0. The van der Waals surface area contributed by atoms with Gasteiger partial charge in [-0.1, -0.05) is 48.9 Å². The van der Waals surface area contributed by atoms with E-state index < -0.39 is 10.0 Å². The molecule has 1 amide bonds. The summed E-state index contributed by atoms with van der Waals surface area (Å²) in [5.74, 6) is -0.224. The van der Waals surface area contributed by atoms with Crippen LogP contribution in [0.3, 0.4) is 0 Å². The Kier molecular flexibility index (Phi) is 5.88. The number of sulfonamides is 1. The average Bonchev–Trinajstić information content (AvgIpc) is 2.77. The van der Waals surface area contributed by atoms with Crippen molar-refractivity contribution in [3.8, 4) is 0 Å². The third kappa shape index (κ3) is 4.11. The summed E-state index contributed by atoms with van der Waals surface area (Å²) < 4.78 is 27.5. The lowest BCUT2D eigenvalue weighted by Crippen LogP contribution is -2.41. The molecule has 1 aliphatic rings. The first kappa shape index (κ1) is 20.6. The maximum atomic E-state index is 12.9. The Morgan fingerprint density at radius 2 is 1.73 bits per heavy atom. The van der Waals surface area contributed by atoms with Gasteiger partial charge in [-0.05, 0) is 60.4 Å². The Bertz CT molecular complexity index is 1150. The van der Waals surface area contributed by atoms with E-state index in [1.165, 1.54) is 12.1 Å². The molecular formula is C24H26N2O3S. The molecule has 1 atom stereocenters. The molecule has 1 aliphatic heterocycles. The zero-order chi connectivity index (χ0) is 21.1. The summed E-state index contributed by atoms with van der Waals surface area (Å²) in [5.41, 5.74) is 1.49. The normalized spacial score (nSPS) is 17.7. The van der Waals surface area contributed by atoms with Crippen LogP contribution in [-0.4, -0.2) is 31.2 Å². The first-order valence-electron chi connectivity index (χ1n) is 10.3. The van der Waals surface area contributed by atoms with Gasteiger partial charge in [-0.15, -0.1) is 0 Å². The Morgan fingerprint density at radius 1 is 1.00 bits per heavy atom. The molecule has 0 aromatic heterocycles. The van der Waals surface area contributed by atoms with E-state index in [1.54, 1.807) is 16.4 Å². The molecule has 30 heavy (non-hydrogen) atoms. The third-order valence-electron chi connectivity index (χ3n) is 5.78. The number of nitrogens with zero attached hydrogens (tertiary/aromatic N) is 1. The number of amides is 1. The Labute approximate surface area is 177 Å². The van der Waals surface area contributed by atoms with Gasteiger partial charge >= 0.3 is 0 Å². The number of nitrogens with one attached hydrogen (secondary N) is 1. The lowest BCUT2D eigenvalue weighted by atomic mass is 10.0. The minimum atomic E-state index is -3.53. The van der Waals surface area contributed by atoms with Gasteiger partial charge in [0.2, 0.25) is 10.0 Å². The molecule has 1 saturated heterocycles. The van der Waals surface area contributed by atoms with Gasteiger partial charge in [0.25, 0.3) is 5.91 Å². The summed E-state index contributed by atoms with van der Waals surface area (Å²) in [4.78, 5) is 12.8. The molecule has 1 heterocycles. The van der Waals surface area contributed by atoms with E-state index in [0.29, 0.717) is 18.7 Å². The van der Waals surface area contributed by atoms with Crippen LogP contribution < -0.4 is 5.32 Å². The first-order valence-corrected chi connectivity index (χ1v) is 11.8. The van der Waals surface area contributed by atoms with Crippen molar-refractivity contribution in [2.45, 2.75) is 43.7 Å². The molecule has 6 heteroatoms. The zero-order valence-corrected chi connectivity index (χ0v) is 17.9. The van der Waals surface area contributed by atoms with Crippen LogP contribution in [0.4, 0.5) is 0 Å². The number of benzene rings is 3. The second-order valence-electron chi connectivity index (χ2n) is 7.81. The van der Waals surface area contributed by atoms with Crippen molar-refractivity contribution < 1.29 is 13.2 Å². The predicted molar refractivity (Wildman–Crippen MR) is 119 cm³/mol. The monoisotopic (exact) mass is 422 g/mol. The van der Waals surface area contributed by atoms with Crippen molar-refractivity contribution in [3.63, 3.8) is 0 Å². The van der Waals surface area contributed by atoms with Crippen LogP contribution in [0.25, 0.3) is 10.8 Å². The maximum absolute atomic E-state index is 12.9. The molecule has 0 aliphatic carbocycles. The second-order valence-corrected chi connectivity index (χ2v) is 9.70. The molecule has 0 radical (unpaired) electrons. The van der Waals surface area contributed by atoms with Crippen LogP contribution in [0.1, 0.15) is 42.1 Å². The topological polar surface area (TPSA) is 66.5 Å². The summed E-state index contributed by atoms with van der Waals surface area (Å²) in [6, 6.07) is 20.3. The third-order valence-corrected chi connectivity index (χ3v) is 7.81. The largest absolute Gasteiger partial charge is 0.348 e. The number of carbonyl (C=O) groups excluding carboxylic acids is 1. The summed E-state index contributed by atoms with van der Waals surface area (Å²) >= 11 is 0. The minimum absolute atomic E-state index is 0.00687. The number of piperidine rings is 1. The fraction of sp³-hybridized carbons (Fsp3) is 0.292. The molecule has 3 aromatic rings. The number of fused-ring (bicyclic) bond motifs is 1. The van der Waals surface area contributed by atoms with E-state index in [-0.39, 0.29) is 16.8 Å². The Morgan fingerprint density at radius 3 is 2.50 bits per heavy atom. The molecule has 3 aromatic carbocycles. The number of hydrogen-bond donors (Lipinski definition) is 1. The highest BCUT2D eigenvalue weighted by Gasteiger charge is 2.30. The van der Waals surface area contributed by atoms with Crippen LogP contribution >= 0.6 is 0 Å². The molecule has 0 bridgehead atoms. The van der Waals surface area contributed by atoms with E-state index in [2.05, 4.69) is 5.32 Å². The predicted octanol–water partition coefficient (Wildman–Crippen LogP) is 4.33. The van der Waals surface area contributed by atoms with E-state index in [9.17, 15) is 13.2 Å². The number of carbonyl (C=O) groups is 1. The van der Waals surface area contributed by atoms with Crippen LogP contribution in [0, 0.1) is 0 Å². The minimum Gasteiger partial charge on any atom is -0.348 e. The van der Waals surface area contributed by atoms with Gasteiger partial charge in [-0.3, -0.25) is 4.79 Å². The van der Waals surface area contributed by atoms with Crippen LogP contribution in [-0.2, 0) is 16.6 Å². The van der Waals surface area contributed by atoms with Crippen LogP contribution in [0.15, 0.2) is 71.6 Å². The van der Waals surface area contributed by atoms with Gasteiger partial charge in [0.15, 0.2) is 0 Å². The first-order chi connectivity index (χ1) is 14.5. The molecule has 5 nitrogen and oxygen atoms in total. The molecule has 156 valence electrons. The molecule has 0 unspecified atom stereocenters. The maximum Gasteiger partial charge on any atom is 0.251 e. The van der Waals surface area contributed by atoms with Gasteiger partial charge in [-0.25, -0.2) is 8.42 Å². The highest BCUT2D eigenvalue weighted by Crippen LogP contribution is 2.25. The van der Waals surface area contributed by atoms with Crippen molar-refractivity contribution in [2.24, 2.45) is 0 Å².